The largest absolute Gasteiger partial charge is 0.393 e. The van der Waals surface area contributed by atoms with Crippen molar-refractivity contribution in [1.29, 1.82) is 0 Å². The molecule has 0 bridgehead atoms. The highest BCUT2D eigenvalue weighted by atomic mass is 16.3. The third kappa shape index (κ3) is 2.85. The average Bonchev–Trinajstić information content (AvgIpc) is 3.04. The van der Waals surface area contributed by atoms with Gasteiger partial charge >= 0.3 is 0 Å². The number of hydrogen-bond acceptors (Lipinski definition) is 3. The Morgan fingerprint density at radius 1 is 0.667 bits per heavy atom. The summed E-state index contributed by atoms with van der Waals surface area (Å²) in [6.45, 7) is 18.7. The van der Waals surface area contributed by atoms with Gasteiger partial charge in [-0.25, -0.2) is 0 Å². The highest BCUT2D eigenvalue weighted by Gasteiger charge is 2.73. The second-order valence-electron chi connectivity index (χ2n) is 15.5. The monoisotopic (exact) mass is 460 g/mol. The molecule has 11 atom stereocenters. The molecule has 190 valence electrons. The summed E-state index contributed by atoms with van der Waals surface area (Å²) in [6, 6.07) is 0. The van der Waals surface area contributed by atoms with Gasteiger partial charge in [0.15, 0.2) is 0 Å². The molecule has 5 aliphatic carbocycles. The average molecular weight is 461 g/mol. The quantitative estimate of drug-likeness (QED) is 0.437. The van der Waals surface area contributed by atoms with Crippen LogP contribution in [0.2, 0.25) is 0 Å². The minimum absolute atomic E-state index is 0.0281. The van der Waals surface area contributed by atoms with E-state index in [4.69, 9.17) is 0 Å². The maximum Gasteiger partial charge on any atom is 0.0622 e. The first kappa shape index (κ1) is 24.6. The molecular weight excluding hydrogens is 408 g/mol. The van der Waals surface area contributed by atoms with E-state index in [1.54, 1.807) is 0 Å². The van der Waals surface area contributed by atoms with Crippen LogP contribution in [0.3, 0.4) is 0 Å². The normalized spacial score (nSPS) is 58.1. The van der Waals surface area contributed by atoms with Gasteiger partial charge < -0.3 is 15.3 Å². The molecule has 0 radical (unpaired) electrons. The molecule has 0 spiro atoms. The van der Waals surface area contributed by atoms with Gasteiger partial charge in [-0.1, -0.05) is 41.5 Å². The van der Waals surface area contributed by atoms with Gasteiger partial charge in [-0.15, -0.1) is 0 Å². The van der Waals surface area contributed by atoms with Crippen molar-refractivity contribution >= 4 is 0 Å². The summed E-state index contributed by atoms with van der Waals surface area (Å²) in [7, 11) is 0. The molecule has 0 aliphatic heterocycles. The summed E-state index contributed by atoms with van der Waals surface area (Å²) in [6.07, 6.45) is 9.52. The van der Waals surface area contributed by atoms with Crippen molar-refractivity contribution in [3.63, 3.8) is 0 Å². The van der Waals surface area contributed by atoms with E-state index in [2.05, 4.69) is 41.5 Å². The Morgan fingerprint density at radius 3 is 1.91 bits per heavy atom. The number of fused-ring (bicyclic) bond motifs is 7. The van der Waals surface area contributed by atoms with Gasteiger partial charge in [0, 0.05) is 5.41 Å². The van der Waals surface area contributed by atoms with Crippen LogP contribution in [0.5, 0.6) is 0 Å². The summed E-state index contributed by atoms with van der Waals surface area (Å²) in [5, 5.41) is 33.9. The first-order valence-corrected chi connectivity index (χ1v) is 14.1. The van der Waals surface area contributed by atoms with E-state index in [9.17, 15) is 15.3 Å². The fraction of sp³-hybridized carbons (Fsp3) is 1.00. The number of rotatable bonds is 1. The molecule has 0 heterocycles. The predicted molar refractivity (Wildman–Crippen MR) is 134 cm³/mol. The highest BCUT2D eigenvalue weighted by Crippen LogP contribution is 2.78. The topological polar surface area (TPSA) is 60.7 Å². The standard InChI is InChI=1S/C30H52O3/c1-25(2)20-12-16-29(7)21(28(20,6)15-13-23(25)31)9-10-22-27(5)14-11-18(26(3,4)33)19(27)17-24(32)30(22,29)8/h18-24,31-33H,9-17H2,1-8H3/t18-,19-,20+,21-,22+,23-,24-,27-,28-,29+,30-/m0/s1. The van der Waals surface area contributed by atoms with Crippen molar-refractivity contribution in [1.82, 2.24) is 0 Å². The van der Waals surface area contributed by atoms with Gasteiger partial charge in [0.05, 0.1) is 17.8 Å². The van der Waals surface area contributed by atoms with Crippen molar-refractivity contribution in [2.45, 2.75) is 131 Å². The Balaban J connectivity index is 1.55. The van der Waals surface area contributed by atoms with E-state index >= 15 is 0 Å². The minimum atomic E-state index is -0.670. The summed E-state index contributed by atoms with van der Waals surface area (Å²) in [5.41, 5.74) is -0.195. The highest BCUT2D eigenvalue weighted by molar-refractivity contribution is 5.22. The molecule has 5 rings (SSSR count). The first-order chi connectivity index (χ1) is 15.0. The lowest BCUT2D eigenvalue weighted by molar-refractivity contribution is -0.281. The maximum absolute atomic E-state index is 12.0. The first-order valence-electron chi connectivity index (χ1n) is 14.1. The number of hydrogen-bond donors (Lipinski definition) is 3. The summed E-state index contributed by atoms with van der Waals surface area (Å²) in [4.78, 5) is 0. The second-order valence-corrected chi connectivity index (χ2v) is 15.5. The van der Waals surface area contributed by atoms with Gasteiger partial charge in [-0.05, 0) is 123 Å². The Morgan fingerprint density at radius 2 is 1.27 bits per heavy atom. The Labute approximate surface area is 203 Å². The summed E-state index contributed by atoms with van der Waals surface area (Å²) < 4.78 is 0. The molecule has 5 saturated carbocycles. The lowest BCUT2D eigenvalue weighted by atomic mass is 9.31. The van der Waals surface area contributed by atoms with E-state index < -0.39 is 5.60 Å². The zero-order chi connectivity index (χ0) is 24.4. The molecule has 0 aromatic heterocycles. The lowest BCUT2D eigenvalue weighted by Gasteiger charge is -2.74. The molecule has 0 unspecified atom stereocenters. The fourth-order valence-corrected chi connectivity index (χ4v) is 12.0. The van der Waals surface area contributed by atoms with Gasteiger partial charge in [0.2, 0.25) is 0 Å². The molecule has 3 nitrogen and oxygen atoms in total. The molecule has 0 amide bonds. The van der Waals surface area contributed by atoms with Crippen LogP contribution in [0, 0.1) is 56.7 Å². The van der Waals surface area contributed by atoms with Crippen molar-refractivity contribution in [3.8, 4) is 0 Å². The van der Waals surface area contributed by atoms with Crippen LogP contribution in [0.4, 0.5) is 0 Å². The zero-order valence-electron chi connectivity index (χ0n) is 22.7. The zero-order valence-corrected chi connectivity index (χ0v) is 22.7. The van der Waals surface area contributed by atoms with Gasteiger partial charge in [-0.2, -0.15) is 0 Å². The SMILES string of the molecule is CC(C)(O)[C@H]1CC[C@]2(C)[C@H]3CC[C@H]4[C@@]5(C)CC[C@H](O)C(C)(C)[C@H]5CC[C@@]4(C)[C@]3(C)[C@@H](O)C[C@@H]12. The Bertz CT molecular complexity index is 799. The van der Waals surface area contributed by atoms with Gasteiger partial charge in [0.1, 0.15) is 0 Å². The molecule has 0 aromatic rings. The maximum atomic E-state index is 12.0. The van der Waals surface area contributed by atoms with Crippen LogP contribution >= 0.6 is 0 Å². The van der Waals surface area contributed by atoms with Gasteiger partial charge in [-0.3, -0.25) is 0 Å². The third-order valence-electron chi connectivity index (χ3n) is 13.9. The summed E-state index contributed by atoms with van der Waals surface area (Å²) in [5.74, 6) is 2.40. The molecule has 3 heteroatoms. The molecule has 3 N–H and O–H groups in total. The Kier molecular flexibility index (Phi) is 5.21. The van der Waals surface area contributed by atoms with Crippen LogP contribution in [0.1, 0.15) is 113 Å². The molecule has 5 aliphatic rings. The van der Waals surface area contributed by atoms with Crippen LogP contribution in [-0.4, -0.2) is 33.1 Å². The number of aliphatic hydroxyl groups is 3. The minimum Gasteiger partial charge on any atom is -0.393 e. The van der Waals surface area contributed by atoms with E-state index in [0.29, 0.717) is 29.6 Å². The van der Waals surface area contributed by atoms with Crippen LogP contribution in [0.15, 0.2) is 0 Å². The van der Waals surface area contributed by atoms with E-state index in [0.717, 1.165) is 25.7 Å². The molecule has 5 fully saturated rings. The van der Waals surface area contributed by atoms with E-state index in [-0.39, 0.29) is 39.3 Å². The van der Waals surface area contributed by atoms with Gasteiger partial charge in [0.25, 0.3) is 0 Å². The smallest absolute Gasteiger partial charge is 0.0622 e. The van der Waals surface area contributed by atoms with Crippen LogP contribution in [-0.2, 0) is 0 Å². The van der Waals surface area contributed by atoms with Crippen LogP contribution in [0.25, 0.3) is 0 Å². The van der Waals surface area contributed by atoms with Crippen molar-refractivity contribution in [3.05, 3.63) is 0 Å². The Hall–Kier alpha value is -0.120. The van der Waals surface area contributed by atoms with Crippen molar-refractivity contribution < 1.29 is 15.3 Å². The number of aliphatic hydroxyl groups excluding tert-OH is 2. The third-order valence-corrected chi connectivity index (χ3v) is 13.9. The molecule has 33 heavy (non-hydrogen) atoms. The lowest BCUT2D eigenvalue weighted by Crippen LogP contribution is -2.70. The molecule has 0 saturated heterocycles. The van der Waals surface area contributed by atoms with Crippen molar-refractivity contribution in [2.24, 2.45) is 56.7 Å². The van der Waals surface area contributed by atoms with E-state index in [1.807, 2.05) is 13.8 Å². The van der Waals surface area contributed by atoms with Crippen LogP contribution < -0.4 is 0 Å². The van der Waals surface area contributed by atoms with E-state index in [1.165, 1.54) is 32.1 Å². The molecular formula is C30H52O3. The van der Waals surface area contributed by atoms with Crippen molar-refractivity contribution in [2.75, 3.05) is 0 Å². The summed E-state index contributed by atoms with van der Waals surface area (Å²) >= 11 is 0. The second kappa shape index (κ2) is 7.00. The fourth-order valence-electron chi connectivity index (χ4n) is 12.0. The predicted octanol–water partition coefficient (Wildman–Crippen LogP) is 6.19. The molecule has 0 aromatic carbocycles.